The molecule has 4 nitrogen and oxygen atoms in total. The molecule has 25 heavy (non-hydrogen) atoms. The monoisotopic (exact) mass is 336 g/mol. The molecule has 0 radical (unpaired) electrons. The van der Waals surface area contributed by atoms with E-state index in [4.69, 9.17) is 5.73 Å². The van der Waals surface area contributed by atoms with E-state index in [9.17, 15) is 0 Å². The van der Waals surface area contributed by atoms with Gasteiger partial charge in [-0.25, -0.2) is 0 Å². The predicted octanol–water partition coefficient (Wildman–Crippen LogP) is 2.22. The van der Waals surface area contributed by atoms with E-state index in [-0.39, 0.29) is 0 Å². The van der Waals surface area contributed by atoms with Crippen molar-refractivity contribution in [2.24, 2.45) is 5.73 Å². The summed E-state index contributed by atoms with van der Waals surface area (Å²) in [5.74, 6) is 0. The van der Waals surface area contributed by atoms with E-state index in [2.05, 4.69) is 70.5 Å². The van der Waals surface area contributed by atoms with Crippen molar-refractivity contribution >= 4 is 21.5 Å². The largest absolute Gasteiger partial charge is 0.329 e. The summed E-state index contributed by atoms with van der Waals surface area (Å²) in [6.45, 7) is 6.31. The standard InChI is InChI=1S/C21H28N4/c22-9-10-23-11-12-24-13-14-25-16-21-19-7-3-1-5-17(19)15-18-6-2-4-8-20(18)21/h1-8,15,23-25H,9-14,16,22H2. The molecule has 132 valence electrons. The zero-order valence-corrected chi connectivity index (χ0v) is 14.7. The van der Waals surface area contributed by atoms with Crippen molar-refractivity contribution in [1.82, 2.24) is 16.0 Å². The van der Waals surface area contributed by atoms with Crippen molar-refractivity contribution in [1.29, 1.82) is 0 Å². The topological polar surface area (TPSA) is 62.1 Å². The SMILES string of the molecule is NCCNCCNCCNCc1c2ccccc2cc2ccccc12. The third-order valence-corrected chi connectivity index (χ3v) is 4.46. The van der Waals surface area contributed by atoms with Crippen LogP contribution >= 0.6 is 0 Å². The van der Waals surface area contributed by atoms with E-state index in [1.165, 1.54) is 27.1 Å². The summed E-state index contributed by atoms with van der Waals surface area (Å²) >= 11 is 0. The van der Waals surface area contributed by atoms with Crippen molar-refractivity contribution in [2.45, 2.75) is 6.54 Å². The van der Waals surface area contributed by atoms with Gasteiger partial charge in [-0.15, -0.1) is 0 Å². The van der Waals surface area contributed by atoms with Crippen LogP contribution in [0.4, 0.5) is 0 Å². The molecular weight excluding hydrogens is 308 g/mol. The van der Waals surface area contributed by atoms with Crippen LogP contribution in [0.3, 0.4) is 0 Å². The minimum Gasteiger partial charge on any atom is -0.329 e. The number of rotatable bonds is 10. The van der Waals surface area contributed by atoms with Gasteiger partial charge in [-0.2, -0.15) is 0 Å². The van der Waals surface area contributed by atoms with Crippen molar-refractivity contribution in [2.75, 3.05) is 39.3 Å². The zero-order valence-electron chi connectivity index (χ0n) is 14.7. The first-order valence-electron chi connectivity index (χ1n) is 9.12. The minimum atomic E-state index is 0.695. The summed E-state index contributed by atoms with van der Waals surface area (Å²) in [6, 6.07) is 19.6. The highest BCUT2D eigenvalue weighted by Crippen LogP contribution is 2.28. The lowest BCUT2D eigenvalue weighted by Gasteiger charge is -2.13. The molecule has 0 aliphatic carbocycles. The smallest absolute Gasteiger partial charge is 0.0218 e. The van der Waals surface area contributed by atoms with Gasteiger partial charge in [0.25, 0.3) is 0 Å². The highest BCUT2D eigenvalue weighted by atomic mass is 15.0. The van der Waals surface area contributed by atoms with Crippen LogP contribution < -0.4 is 21.7 Å². The van der Waals surface area contributed by atoms with Crippen LogP contribution in [0.1, 0.15) is 5.56 Å². The number of hydrogen-bond donors (Lipinski definition) is 4. The average molecular weight is 336 g/mol. The highest BCUT2D eigenvalue weighted by molar-refractivity contribution is 6.02. The molecule has 0 saturated heterocycles. The first-order valence-corrected chi connectivity index (χ1v) is 9.12. The van der Waals surface area contributed by atoms with Crippen LogP contribution in [0.5, 0.6) is 0 Å². The second kappa shape index (κ2) is 9.49. The molecule has 4 heteroatoms. The Kier molecular flexibility index (Phi) is 6.77. The van der Waals surface area contributed by atoms with Crippen molar-refractivity contribution < 1.29 is 0 Å². The normalized spacial score (nSPS) is 11.4. The van der Waals surface area contributed by atoms with Crippen molar-refractivity contribution in [3.05, 3.63) is 60.2 Å². The predicted molar refractivity (Wildman–Crippen MR) is 108 cm³/mol. The lowest BCUT2D eigenvalue weighted by atomic mass is 9.97. The molecule has 0 amide bonds. The molecule has 5 N–H and O–H groups in total. The number of fused-ring (bicyclic) bond motifs is 2. The first-order chi connectivity index (χ1) is 12.4. The first kappa shape index (κ1) is 17.8. The molecule has 0 saturated carbocycles. The Hall–Kier alpha value is -1.98. The molecule has 0 atom stereocenters. The second-order valence-corrected chi connectivity index (χ2v) is 6.26. The summed E-state index contributed by atoms with van der Waals surface area (Å²) in [4.78, 5) is 0. The van der Waals surface area contributed by atoms with Gasteiger partial charge in [-0.1, -0.05) is 48.5 Å². The molecule has 3 rings (SSSR count). The van der Waals surface area contributed by atoms with E-state index in [0.717, 1.165) is 39.3 Å². The summed E-state index contributed by atoms with van der Waals surface area (Å²) in [6.07, 6.45) is 0. The van der Waals surface area contributed by atoms with Crippen LogP contribution in [-0.2, 0) is 6.54 Å². The Morgan fingerprint density at radius 2 is 1.16 bits per heavy atom. The number of hydrogen-bond acceptors (Lipinski definition) is 4. The molecular formula is C21H28N4. The molecule has 0 bridgehead atoms. The summed E-state index contributed by atoms with van der Waals surface area (Å²) in [7, 11) is 0. The molecule has 0 spiro atoms. The fraction of sp³-hybridized carbons (Fsp3) is 0.333. The van der Waals surface area contributed by atoms with Crippen molar-refractivity contribution in [3.8, 4) is 0 Å². The lowest BCUT2D eigenvalue weighted by molar-refractivity contribution is 0.584. The van der Waals surface area contributed by atoms with Gasteiger partial charge in [-0.3, -0.25) is 0 Å². The molecule has 0 aromatic heterocycles. The maximum atomic E-state index is 5.45. The molecule has 0 fully saturated rings. The fourth-order valence-corrected chi connectivity index (χ4v) is 3.22. The van der Waals surface area contributed by atoms with Crippen LogP contribution in [0.15, 0.2) is 54.6 Å². The van der Waals surface area contributed by atoms with E-state index in [1.807, 2.05) is 0 Å². The van der Waals surface area contributed by atoms with Crippen LogP contribution in [0.2, 0.25) is 0 Å². The fourth-order valence-electron chi connectivity index (χ4n) is 3.22. The third kappa shape index (κ3) is 4.77. The van der Waals surface area contributed by atoms with Gasteiger partial charge in [0.2, 0.25) is 0 Å². The number of benzene rings is 3. The lowest BCUT2D eigenvalue weighted by Crippen LogP contribution is -2.34. The van der Waals surface area contributed by atoms with Crippen LogP contribution in [0, 0.1) is 0 Å². The molecule has 0 aliphatic rings. The Morgan fingerprint density at radius 3 is 1.76 bits per heavy atom. The van der Waals surface area contributed by atoms with Crippen molar-refractivity contribution in [3.63, 3.8) is 0 Å². The number of nitrogens with one attached hydrogen (secondary N) is 3. The van der Waals surface area contributed by atoms with E-state index in [0.29, 0.717) is 6.54 Å². The Labute approximate surface area is 149 Å². The van der Waals surface area contributed by atoms with Gasteiger partial charge in [0.1, 0.15) is 0 Å². The van der Waals surface area contributed by atoms with E-state index >= 15 is 0 Å². The average Bonchev–Trinajstić information content (AvgIpc) is 2.66. The quantitative estimate of drug-likeness (QED) is 0.339. The molecule has 0 unspecified atom stereocenters. The molecule has 0 aliphatic heterocycles. The van der Waals surface area contributed by atoms with Gasteiger partial charge < -0.3 is 21.7 Å². The minimum absolute atomic E-state index is 0.695. The maximum Gasteiger partial charge on any atom is 0.0218 e. The van der Waals surface area contributed by atoms with Crippen LogP contribution in [0.25, 0.3) is 21.5 Å². The maximum absolute atomic E-state index is 5.45. The van der Waals surface area contributed by atoms with E-state index < -0.39 is 0 Å². The van der Waals surface area contributed by atoms with Crippen LogP contribution in [-0.4, -0.2) is 39.3 Å². The second-order valence-electron chi connectivity index (χ2n) is 6.26. The number of nitrogens with two attached hydrogens (primary N) is 1. The summed E-state index contributed by atoms with van der Waals surface area (Å²) < 4.78 is 0. The van der Waals surface area contributed by atoms with Gasteiger partial charge >= 0.3 is 0 Å². The summed E-state index contributed by atoms with van der Waals surface area (Å²) in [5, 5.41) is 15.6. The highest BCUT2D eigenvalue weighted by Gasteiger charge is 2.06. The van der Waals surface area contributed by atoms with E-state index in [1.54, 1.807) is 0 Å². The Morgan fingerprint density at radius 1 is 0.640 bits per heavy atom. The van der Waals surface area contributed by atoms with Gasteiger partial charge in [0, 0.05) is 45.8 Å². The molecule has 3 aromatic carbocycles. The molecule has 0 heterocycles. The Bertz CT molecular complexity index is 746. The Balaban J connectivity index is 1.59. The molecule has 3 aromatic rings. The van der Waals surface area contributed by atoms with Gasteiger partial charge in [0.05, 0.1) is 0 Å². The summed E-state index contributed by atoms with van der Waals surface area (Å²) in [5.41, 5.74) is 6.84. The zero-order chi connectivity index (χ0) is 17.3. The third-order valence-electron chi connectivity index (χ3n) is 4.46. The van der Waals surface area contributed by atoms with Gasteiger partial charge in [-0.05, 0) is 33.2 Å². The van der Waals surface area contributed by atoms with Gasteiger partial charge in [0.15, 0.2) is 0 Å².